The lowest BCUT2D eigenvalue weighted by molar-refractivity contribution is -0.146. The predicted molar refractivity (Wildman–Crippen MR) is 78.9 cm³/mol. The molecule has 0 saturated heterocycles. The van der Waals surface area contributed by atoms with E-state index in [2.05, 4.69) is 5.32 Å². The Morgan fingerprint density at radius 1 is 1.19 bits per heavy atom. The van der Waals surface area contributed by atoms with Gasteiger partial charge >= 0.3 is 5.97 Å². The van der Waals surface area contributed by atoms with Crippen molar-refractivity contribution in [1.82, 2.24) is 5.32 Å². The van der Waals surface area contributed by atoms with Crippen LogP contribution in [0.2, 0.25) is 0 Å². The number of rotatable bonds is 5. The van der Waals surface area contributed by atoms with Crippen molar-refractivity contribution < 1.29 is 19.4 Å². The van der Waals surface area contributed by atoms with Crippen molar-refractivity contribution in [2.45, 2.75) is 13.0 Å². The summed E-state index contributed by atoms with van der Waals surface area (Å²) in [5.41, 5.74) is 0.454. The molecule has 2 aromatic rings. The molecular formula is C16H17NO4. The highest BCUT2D eigenvalue weighted by Gasteiger charge is 2.22. The van der Waals surface area contributed by atoms with E-state index in [1.807, 2.05) is 30.3 Å². The van der Waals surface area contributed by atoms with E-state index in [1.165, 1.54) is 0 Å². The van der Waals surface area contributed by atoms with Crippen LogP contribution in [0.25, 0.3) is 10.8 Å². The maximum atomic E-state index is 12.3. The van der Waals surface area contributed by atoms with E-state index in [9.17, 15) is 14.7 Å². The fraction of sp³-hybridized carbons (Fsp3) is 0.250. The third-order valence-corrected chi connectivity index (χ3v) is 3.09. The summed E-state index contributed by atoms with van der Waals surface area (Å²) in [7, 11) is 0. The van der Waals surface area contributed by atoms with E-state index in [0.29, 0.717) is 5.56 Å². The van der Waals surface area contributed by atoms with E-state index < -0.39 is 24.5 Å². The van der Waals surface area contributed by atoms with Gasteiger partial charge in [-0.1, -0.05) is 36.4 Å². The van der Waals surface area contributed by atoms with Gasteiger partial charge in [-0.15, -0.1) is 0 Å². The van der Waals surface area contributed by atoms with Gasteiger partial charge in [0.25, 0.3) is 5.91 Å². The number of esters is 1. The molecule has 0 aliphatic rings. The number of hydrogen-bond donors (Lipinski definition) is 2. The Morgan fingerprint density at radius 3 is 2.62 bits per heavy atom. The molecular weight excluding hydrogens is 270 g/mol. The highest BCUT2D eigenvalue weighted by Crippen LogP contribution is 2.18. The molecule has 0 spiro atoms. The van der Waals surface area contributed by atoms with Crippen molar-refractivity contribution in [2.75, 3.05) is 13.2 Å². The van der Waals surface area contributed by atoms with Crippen LogP contribution in [0.4, 0.5) is 0 Å². The minimum atomic E-state index is -1.06. The van der Waals surface area contributed by atoms with Crippen molar-refractivity contribution in [3.8, 4) is 0 Å². The molecule has 1 atom stereocenters. The molecule has 0 radical (unpaired) electrons. The normalized spacial score (nSPS) is 11.9. The van der Waals surface area contributed by atoms with Crippen LogP contribution in [-0.2, 0) is 9.53 Å². The number of carbonyl (C=O) groups excluding carboxylic acids is 2. The van der Waals surface area contributed by atoms with Crippen LogP contribution in [0.3, 0.4) is 0 Å². The first kappa shape index (κ1) is 15.0. The topological polar surface area (TPSA) is 75.6 Å². The maximum absolute atomic E-state index is 12.3. The molecule has 2 rings (SSSR count). The van der Waals surface area contributed by atoms with Crippen LogP contribution in [0, 0.1) is 0 Å². The van der Waals surface area contributed by atoms with Crippen LogP contribution < -0.4 is 5.32 Å². The summed E-state index contributed by atoms with van der Waals surface area (Å²) in [6.07, 6.45) is 0. The first-order valence-electron chi connectivity index (χ1n) is 6.73. The van der Waals surface area contributed by atoms with Gasteiger partial charge in [-0.25, -0.2) is 4.79 Å². The number of nitrogens with one attached hydrogen (secondary N) is 1. The molecule has 1 amide bonds. The molecule has 0 aliphatic carbocycles. The summed E-state index contributed by atoms with van der Waals surface area (Å²) in [6.45, 7) is 1.35. The minimum Gasteiger partial charge on any atom is -0.464 e. The Balaban J connectivity index is 2.24. The second kappa shape index (κ2) is 6.85. The lowest BCUT2D eigenvalue weighted by Crippen LogP contribution is -2.44. The number of ether oxygens (including phenoxy) is 1. The Bertz CT molecular complexity index is 648. The molecule has 1 unspecified atom stereocenters. The van der Waals surface area contributed by atoms with Gasteiger partial charge in [0, 0.05) is 5.56 Å². The molecule has 0 heterocycles. The van der Waals surface area contributed by atoms with Gasteiger partial charge in [0.2, 0.25) is 0 Å². The van der Waals surface area contributed by atoms with Gasteiger partial charge in [0.05, 0.1) is 13.2 Å². The number of carbonyl (C=O) groups is 2. The van der Waals surface area contributed by atoms with Gasteiger partial charge < -0.3 is 15.2 Å². The molecule has 0 bridgehead atoms. The van der Waals surface area contributed by atoms with Crippen molar-refractivity contribution in [1.29, 1.82) is 0 Å². The number of benzene rings is 2. The van der Waals surface area contributed by atoms with Gasteiger partial charge in [-0.05, 0) is 23.8 Å². The van der Waals surface area contributed by atoms with Crippen molar-refractivity contribution in [3.63, 3.8) is 0 Å². The molecule has 0 aliphatic heterocycles. The number of amides is 1. The van der Waals surface area contributed by atoms with Gasteiger partial charge in [-0.3, -0.25) is 4.79 Å². The fourth-order valence-corrected chi connectivity index (χ4v) is 2.08. The van der Waals surface area contributed by atoms with Crippen molar-refractivity contribution in [3.05, 3.63) is 48.0 Å². The zero-order valence-corrected chi connectivity index (χ0v) is 11.7. The van der Waals surface area contributed by atoms with Crippen molar-refractivity contribution >= 4 is 22.6 Å². The van der Waals surface area contributed by atoms with Crippen LogP contribution in [-0.4, -0.2) is 36.2 Å². The standard InChI is InChI=1S/C16H17NO4/c1-2-21-16(20)14(10-18)17-15(19)13-9-5-7-11-6-3-4-8-12(11)13/h3-9,14,18H,2,10H2,1H3,(H,17,19). The Hall–Kier alpha value is -2.40. The second-order valence-electron chi connectivity index (χ2n) is 4.49. The van der Waals surface area contributed by atoms with E-state index in [1.54, 1.807) is 19.1 Å². The molecule has 2 N–H and O–H groups in total. The fourth-order valence-electron chi connectivity index (χ4n) is 2.08. The Kier molecular flexibility index (Phi) is 4.90. The van der Waals surface area contributed by atoms with Crippen LogP contribution in [0.1, 0.15) is 17.3 Å². The van der Waals surface area contributed by atoms with Crippen LogP contribution in [0.15, 0.2) is 42.5 Å². The molecule has 0 saturated carbocycles. The predicted octanol–water partition coefficient (Wildman–Crippen LogP) is 1.49. The quantitative estimate of drug-likeness (QED) is 0.817. The van der Waals surface area contributed by atoms with Gasteiger partial charge in [0.1, 0.15) is 0 Å². The molecule has 0 aromatic heterocycles. The largest absolute Gasteiger partial charge is 0.464 e. The maximum Gasteiger partial charge on any atom is 0.331 e. The molecule has 5 nitrogen and oxygen atoms in total. The average Bonchev–Trinajstić information content (AvgIpc) is 2.52. The molecule has 5 heteroatoms. The monoisotopic (exact) mass is 287 g/mol. The Morgan fingerprint density at radius 2 is 1.90 bits per heavy atom. The first-order chi connectivity index (χ1) is 10.2. The summed E-state index contributed by atoms with van der Waals surface area (Å²) in [6, 6.07) is 11.8. The summed E-state index contributed by atoms with van der Waals surface area (Å²) < 4.78 is 4.81. The van der Waals surface area contributed by atoms with Crippen LogP contribution in [0.5, 0.6) is 0 Å². The summed E-state index contributed by atoms with van der Waals surface area (Å²) in [5, 5.41) is 13.4. The summed E-state index contributed by atoms with van der Waals surface area (Å²) in [5.74, 6) is -1.06. The second-order valence-corrected chi connectivity index (χ2v) is 4.49. The first-order valence-corrected chi connectivity index (χ1v) is 6.73. The third-order valence-electron chi connectivity index (χ3n) is 3.09. The Labute approximate surface area is 122 Å². The lowest BCUT2D eigenvalue weighted by Gasteiger charge is -2.15. The molecule has 0 fully saturated rings. The van der Waals surface area contributed by atoms with E-state index >= 15 is 0 Å². The number of aliphatic hydroxyl groups is 1. The zero-order valence-electron chi connectivity index (χ0n) is 11.7. The number of fused-ring (bicyclic) bond motifs is 1. The number of hydrogen-bond acceptors (Lipinski definition) is 4. The number of aliphatic hydroxyl groups excluding tert-OH is 1. The lowest BCUT2D eigenvalue weighted by atomic mass is 10.0. The van der Waals surface area contributed by atoms with E-state index in [-0.39, 0.29) is 6.61 Å². The van der Waals surface area contributed by atoms with Crippen LogP contribution >= 0.6 is 0 Å². The molecule has 2 aromatic carbocycles. The smallest absolute Gasteiger partial charge is 0.331 e. The van der Waals surface area contributed by atoms with Crippen molar-refractivity contribution in [2.24, 2.45) is 0 Å². The van der Waals surface area contributed by atoms with Gasteiger partial charge in [-0.2, -0.15) is 0 Å². The highest BCUT2D eigenvalue weighted by atomic mass is 16.5. The molecule has 110 valence electrons. The highest BCUT2D eigenvalue weighted by molar-refractivity contribution is 6.07. The zero-order chi connectivity index (χ0) is 15.2. The van der Waals surface area contributed by atoms with E-state index in [4.69, 9.17) is 4.74 Å². The molecule has 21 heavy (non-hydrogen) atoms. The van der Waals surface area contributed by atoms with Gasteiger partial charge in [0.15, 0.2) is 6.04 Å². The summed E-state index contributed by atoms with van der Waals surface area (Å²) >= 11 is 0. The third kappa shape index (κ3) is 3.38. The summed E-state index contributed by atoms with van der Waals surface area (Å²) in [4.78, 5) is 23.9. The SMILES string of the molecule is CCOC(=O)C(CO)NC(=O)c1cccc2ccccc12. The van der Waals surface area contributed by atoms with E-state index in [0.717, 1.165) is 10.8 Å². The minimum absolute atomic E-state index is 0.194. The average molecular weight is 287 g/mol.